The number of oxime groups is 1. The van der Waals surface area contributed by atoms with E-state index in [0.29, 0.717) is 12.5 Å². The number of hydrogen-bond acceptors (Lipinski definition) is 8. The van der Waals surface area contributed by atoms with Gasteiger partial charge in [-0.05, 0) is 49.9 Å². The number of hydrazone groups is 1. The summed E-state index contributed by atoms with van der Waals surface area (Å²) in [5, 5.41) is 10.5. The Bertz CT molecular complexity index is 1030. The molecule has 0 radical (unpaired) electrons. The van der Waals surface area contributed by atoms with E-state index in [0.717, 1.165) is 73.0 Å². The largest absolute Gasteiger partial charge is 0.399 e. The van der Waals surface area contributed by atoms with Crippen LogP contribution in [0.15, 0.2) is 34.7 Å². The average molecular weight is 458 g/mol. The summed E-state index contributed by atoms with van der Waals surface area (Å²) in [4.78, 5) is 13.0. The summed E-state index contributed by atoms with van der Waals surface area (Å²) in [6.45, 7) is 6.39. The summed E-state index contributed by atoms with van der Waals surface area (Å²) < 4.78 is 20.2. The van der Waals surface area contributed by atoms with Gasteiger partial charge in [0, 0.05) is 47.9 Å². The molecule has 0 aliphatic carbocycles. The second-order valence-corrected chi connectivity index (χ2v) is 9.65. The predicted octanol–water partition coefficient (Wildman–Crippen LogP) is 3.64. The predicted molar refractivity (Wildman–Crippen MR) is 124 cm³/mol. The first-order chi connectivity index (χ1) is 15.6. The van der Waals surface area contributed by atoms with Gasteiger partial charge in [-0.25, -0.2) is 9.99 Å². The Kier molecular flexibility index (Phi) is 5.96. The molecule has 5 heterocycles. The molecule has 3 aliphatic rings. The van der Waals surface area contributed by atoms with E-state index in [2.05, 4.69) is 22.0 Å². The fraction of sp³-hybridized carbons (Fsp3) is 0.522. The van der Waals surface area contributed by atoms with Crippen molar-refractivity contribution in [3.63, 3.8) is 0 Å². The maximum Gasteiger partial charge on any atom is 0.177 e. The van der Waals surface area contributed by atoms with E-state index in [-0.39, 0.29) is 10.7 Å². The molecule has 1 unspecified atom stereocenters. The zero-order valence-electron chi connectivity index (χ0n) is 18.5. The summed E-state index contributed by atoms with van der Waals surface area (Å²) in [6, 6.07) is 5.54. The van der Waals surface area contributed by atoms with Crippen molar-refractivity contribution in [2.75, 3.05) is 44.9 Å². The van der Waals surface area contributed by atoms with Crippen molar-refractivity contribution >= 4 is 29.1 Å². The molecule has 32 heavy (non-hydrogen) atoms. The number of anilines is 1. The van der Waals surface area contributed by atoms with Crippen LogP contribution in [0, 0.1) is 11.0 Å². The molecule has 0 amide bonds. The SMILES string of the molecule is CO/N=C/c1cccnc1N1CC(CN2CCC3(CC2)OCCc2cc(F)sc23)C(C)=N1. The number of halogens is 1. The molecule has 1 fully saturated rings. The first kappa shape index (κ1) is 21.5. The lowest BCUT2D eigenvalue weighted by Gasteiger charge is -2.44. The quantitative estimate of drug-likeness (QED) is 0.507. The molecular formula is C23H28FN5O2S. The van der Waals surface area contributed by atoms with E-state index >= 15 is 0 Å². The monoisotopic (exact) mass is 457 g/mol. The molecule has 2 aromatic rings. The van der Waals surface area contributed by atoms with Crippen LogP contribution in [-0.2, 0) is 21.6 Å². The minimum atomic E-state index is -0.298. The number of thiophene rings is 1. The van der Waals surface area contributed by atoms with Crippen molar-refractivity contribution in [3.05, 3.63) is 45.5 Å². The van der Waals surface area contributed by atoms with Crippen LogP contribution in [-0.4, -0.2) is 61.7 Å². The highest BCUT2D eigenvalue weighted by molar-refractivity contribution is 7.10. The molecule has 170 valence electrons. The zero-order chi connectivity index (χ0) is 22.1. The van der Waals surface area contributed by atoms with Crippen LogP contribution in [0.2, 0.25) is 0 Å². The minimum Gasteiger partial charge on any atom is -0.399 e. The van der Waals surface area contributed by atoms with Gasteiger partial charge in [0.25, 0.3) is 0 Å². The van der Waals surface area contributed by atoms with Gasteiger partial charge >= 0.3 is 0 Å². The maximum absolute atomic E-state index is 13.9. The third-order valence-electron chi connectivity index (χ3n) is 6.71. The minimum absolute atomic E-state index is 0.0929. The summed E-state index contributed by atoms with van der Waals surface area (Å²) in [6.07, 6.45) is 6.07. The molecule has 1 saturated heterocycles. The fourth-order valence-corrected chi connectivity index (χ4v) is 6.12. The second-order valence-electron chi connectivity index (χ2n) is 8.65. The van der Waals surface area contributed by atoms with Gasteiger partial charge in [-0.2, -0.15) is 9.49 Å². The van der Waals surface area contributed by atoms with E-state index in [9.17, 15) is 4.39 Å². The Morgan fingerprint density at radius 2 is 2.25 bits per heavy atom. The van der Waals surface area contributed by atoms with Crippen molar-refractivity contribution in [2.24, 2.45) is 16.2 Å². The first-order valence-electron chi connectivity index (χ1n) is 11.1. The standard InChI is InChI=1S/C23H28FN5O2S/c1-16-19(15-29(27-16)22-18(13-26-30-2)4-3-8-25-22)14-28-9-6-23(7-10-28)21-17(5-11-31-23)12-20(24)32-21/h3-4,8,12-13,19H,5-7,9-11,14-15H2,1-2H3/b26-13+. The van der Waals surface area contributed by atoms with Crippen molar-refractivity contribution in [3.8, 4) is 0 Å². The molecule has 0 aromatic carbocycles. The van der Waals surface area contributed by atoms with E-state index in [1.807, 2.05) is 17.1 Å². The van der Waals surface area contributed by atoms with Crippen molar-refractivity contribution in [1.82, 2.24) is 9.88 Å². The highest BCUT2D eigenvalue weighted by atomic mass is 32.1. The van der Waals surface area contributed by atoms with Crippen molar-refractivity contribution < 1.29 is 14.0 Å². The lowest BCUT2D eigenvalue weighted by atomic mass is 9.85. The first-order valence-corrected chi connectivity index (χ1v) is 11.9. The summed E-state index contributed by atoms with van der Waals surface area (Å²) in [7, 11) is 1.53. The number of pyridine rings is 1. The summed E-state index contributed by atoms with van der Waals surface area (Å²) in [5.74, 6) is 1.12. The van der Waals surface area contributed by atoms with Crippen LogP contribution in [0.5, 0.6) is 0 Å². The summed E-state index contributed by atoms with van der Waals surface area (Å²) >= 11 is 1.27. The Hall–Kier alpha value is -2.36. The van der Waals surface area contributed by atoms with Gasteiger partial charge in [-0.3, -0.25) is 0 Å². The molecule has 9 heteroatoms. The van der Waals surface area contributed by atoms with Crippen LogP contribution in [0.3, 0.4) is 0 Å². The molecule has 7 nitrogen and oxygen atoms in total. The second kappa shape index (κ2) is 8.88. The van der Waals surface area contributed by atoms with Crippen LogP contribution in [0.1, 0.15) is 35.8 Å². The highest BCUT2D eigenvalue weighted by Gasteiger charge is 2.43. The molecular weight excluding hydrogens is 429 g/mol. The van der Waals surface area contributed by atoms with Crippen LogP contribution < -0.4 is 5.01 Å². The van der Waals surface area contributed by atoms with Gasteiger partial charge in [-0.1, -0.05) is 5.16 Å². The van der Waals surface area contributed by atoms with Crippen LogP contribution in [0.25, 0.3) is 0 Å². The third-order valence-corrected chi connectivity index (χ3v) is 7.86. The maximum atomic E-state index is 13.9. The molecule has 0 saturated carbocycles. The smallest absolute Gasteiger partial charge is 0.177 e. The number of fused-ring (bicyclic) bond motifs is 2. The van der Waals surface area contributed by atoms with Gasteiger partial charge in [0.05, 0.1) is 19.4 Å². The van der Waals surface area contributed by atoms with Crippen molar-refractivity contribution in [1.29, 1.82) is 0 Å². The van der Waals surface area contributed by atoms with Gasteiger partial charge in [0.1, 0.15) is 12.7 Å². The average Bonchev–Trinajstić information content (AvgIpc) is 3.37. The Morgan fingerprint density at radius 3 is 3.06 bits per heavy atom. The van der Waals surface area contributed by atoms with Crippen LogP contribution in [0.4, 0.5) is 10.2 Å². The highest BCUT2D eigenvalue weighted by Crippen LogP contribution is 2.45. The molecule has 3 aliphatic heterocycles. The Labute approximate surface area is 191 Å². The number of ether oxygens (including phenoxy) is 1. The number of hydrogen-bond donors (Lipinski definition) is 0. The molecule has 0 bridgehead atoms. The number of piperidine rings is 1. The molecule has 1 atom stereocenters. The Balaban J connectivity index is 1.23. The molecule has 1 spiro atoms. The van der Waals surface area contributed by atoms with Gasteiger partial charge in [0.2, 0.25) is 0 Å². The van der Waals surface area contributed by atoms with E-state index in [1.165, 1.54) is 18.4 Å². The lowest BCUT2D eigenvalue weighted by molar-refractivity contribution is -0.0955. The Morgan fingerprint density at radius 1 is 1.41 bits per heavy atom. The molecule has 5 rings (SSSR count). The van der Waals surface area contributed by atoms with E-state index < -0.39 is 0 Å². The third kappa shape index (κ3) is 4.04. The number of likely N-dealkylation sites (tertiary alicyclic amines) is 1. The van der Waals surface area contributed by atoms with Gasteiger partial charge in [0.15, 0.2) is 10.9 Å². The van der Waals surface area contributed by atoms with Gasteiger partial charge in [-0.15, -0.1) is 11.3 Å². The van der Waals surface area contributed by atoms with Crippen LogP contribution >= 0.6 is 11.3 Å². The van der Waals surface area contributed by atoms with E-state index in [1.54, 1.807) is 18.5 Å². The summed E-state index contributed by atoms with van der Waals surface area (Å²) in [5.41, 5.74) is 2.83. The fourth-order valence-electron chi connectivity index (χ4n) is 4.98. The lowest BCUT2D eigenvalue weighted by Crippen LogP contribution is -2.47. The topological polar surface area (TPSA) is 62.6 Å². The number of rotatable bonds is 5. The van der Waals surface area contributed by atoms with Gasteiger partial charge < -0.3 is 14.5 Å². The number of nitrogens with zero attached hydrogens (tertiary/aromatic N) is 5. The zero-order valence-corrected chi connectivity index (χ0v) is 19.3. The van der Waals surface area contributed by atoms with E-state index in [4.69, 9.17) is 14.7 Å². The number of aromatic nitrogens is 1. The normalized spacial score (nSPS) is 23.0. The van der Waals surface area contributed by atoms with Crippen molar-refractivity contribution in [2.45, 2.75) is 31.8 Å². The molecule has 2 aromatic heterocycles. The molecule has 0 N–H and O–H groups in total.